The number of hydrogen-bond acceptors (Lipinski definition) is 6. The van der Waals surface area contributed by atoms with Crippen molar-refractivity contribution in [3.8, 4) is 5.75 Å². The van der Waals surface area contributed by atoms with Crippen molar-refractivity contribution in [2.75, 3.05) is 20.8 Å². The van der Waals surface area contributed by atoms with Crippen LogP contribution < -0.4 is 4.74 Å². The van der Waals surface area contributed by atoms with Crippen LogP contribution in [0.5, 0.6) is 5.75 Å². The SMILES string of the molecule is COC(=O)Cc1c(C)[nH]c2ccc3c(c12)C(C1=NCCC1CC(=O)OC)O3. The number of aromatic nitrogens is 1. The number of ether oxygens (including phenoxy) is 3. The number of aliphatic imine (C=N–C) groups is 1. The highest BCUT2D eigenvalue weighted by molar-refractivity contribution is 6.03. The number of hydrogen-bond donors (Lipinski definition) is 1. The summed E-state index contributed by atoms with van der Waals surface area (Å²) in [5.41, 5.74) is 4.75. The molecule has 2 aliphatic heterocycles. The third kappa shape index (κ3) is 2.87. The first-order chi connectivity index (χ1) is 13.0. The first-order valence-corrected chi connectivity index (χ1v) is 9.02. The van der Waals surface area contributed by atoms with Gasteiger partial charge in [0.15, 0.2) is 6.10 Å². The van der Waals surface area contributed by atoms with E-state index in [1.54, 1.807) is 0 Å². The van der Waals surface area contributed by atoms with E-state index in [1.807, 2.05) is 19.1 Å². The third-order valence-corrected chi connectivity index (χ3v) is 5.44. The Labute approximate surface area is 156 Å². The fourth-order valence-corrected chi connectivity index (χ4v) is 4.05. The van der Waals surface area contributed by atoms with Crippen LogP contribution in [-0.4, -0.2) is 43.4 Å². The van der Waals surface area contributed by atoms with Crippen molar-refractivity contribution >= 4 is 28.6 Å². The zero-order valence-electron chi connectivity index (χ0n) is 15.6. The van der Waals surface area contributed by atoms with Gasteiger partial charge < -0.3 is 19.2 Å². The van der Waals surface area contributed by atoms with Gasteiger partial charge in [-0.15, -0.1) is 0 Å². The minimum Gasteiger partial charge on any atom is -0.479 e. The summed E-state index contributed by atoms with van der Waals surface area (Å²) in [5.74, 6) is 0.297. The molecule has 0 fully saturated rings. The van der Waals surface area contributed by atoms with Gasteiger partial charge >= 0.3 is 11.9 Å². The molecule has 0 bridgehead atoms. The highest BCUT2D eigenvalue weighted by Crippen LogP contribution is 2.48. The summed E-state index contributed by atoms with van der Waals surface area (Å²) in [4.78, 5) is 31.6. The van der Waals surface area contributed by atoms with Crippen LogP contribution >= 0.6 is 0 Å². The van der Waals surface area contributed by atoms with E-state index in [-0.39, 0.29) is 30.4 Å². The normalized spacial score (nSPS) is 20.5. The van der Waals surface area contributed by atoms with Crippen LogP contribution in [0.1, 0.15) is 35.8 Å². The number of H-pyrrole nitrogens is 1. The fraction of sp³-hybridized carbons (Fsp3) is 0.450. The van der Waals surface area contributed by atoms with E-state index < -0.39 is 0 Å². The number of nitrogens with zero attached hydrogens (tertiary/aromatic N) is 1. The Morgan fingerprint density at radius 1 is 1.26 bits per heavy atom. The number of fused-ring (bicyclic) bond motifs is 3. The molecule has 0 radical (unpaired) electrons. The van der Waals surface area contributed by atoms with Gasteiger partial charge in [-0.1, -0.05) is 0 Å². The van der Waals surface area contributed by atoms with Crippen molar-refractivity contribution in [2.45, 2.75) is 32.3 Å². The van der Waals surface area contributed by atoms with Gasteiger partial charge in [0.2, 0.25) is 0 Å². The van der Waals surface area contributed by atoms with E-state index in [1.165, 1.54) is 14.2 Å². The van der Waals surface area contributed by atoms with E-state index >= 15 is 0 Å². The summed E-state index contributed by atoms with van der Waals surface area (Å²) >= 11 is 0. The molecule has 2 unspecified atom stereocenters. The van der Waals surface area contributed by atoms with Crippen molar-refractivity contribution in [1.29, 1.82) is 0 Å². The molecule has 1 aromatic heterocycles. The lowest BCUT2D eigenvalue weighted by Crippen LogP contribution is -2.32. The van der Waals surface area contributed by atoms with Crippen molar-refractivity contribution in [1.82, 2.24) is 4.98 Å². The van der Waals surface area contributed by atoms with Gasteiger partial charge in [0.25, 0.3) is 0 Å². The minimum absolute atomic E-state index is 0.0231. The monoisotopic (exact) mass is 370 g/mol. The molecule has 2 aromatic rings. The Hall–Kier alpha value is -2.83. The highest BCUT2D eigenvalue weighted by Gasteiger charge is 2.41. The first-order valence-electron chi connectivity index (χ1n) is 9.02. The molecule has 0 aliphatic carbocycles. The zero-order chi connectivity index (χ0) is 19.1. The topological polar surface area (TPSA) is 90.0 Å². The summed E-state index contributed by atoms with van der Waals surface area (Å²) < 4.78 is 15.7. The van der Waals surface area contributed by atoms with Crippen LogP contribution in [0, 0.1) is 12.8 Å². The maximum Gasteiger partial charge on any atom is 0.310 e. The standard InChI is InChI=1S/C20H22N2O5/c1-10-12(9-16(24)26-3)17-13(22-10)4-5-14-18(17)20(27-14)19-11(6-7-21-19)8-15(23)25-2/h4-5,11,20,22H,6-9H2,1-3H3. The highest BCUT2D eigenvalue weighted by atomic mass is 16.5. The Morgan fingerprint density at radius 3 is 2.78 bits per heavy atom. The van der Waals surface area contributed by atoms with Gasteiger partial charge in [-0.3, -0.25) is 14.6 Å². The fourth-order valence-electron chi connectivity index (χ4n) is 4.05. The second-order valence-corrected chi connectivity index (χ2v) is 6.95. The van der Waals surface area contributed by atoms with Crippen molar-refractivity contribution < 1.29 is 23.8 Å². The van der Waals surface area contributed by atoms with E-state index in [9.17, 15) is 9.59 Å². The quantitative estimate of drug-likeness (QED) is 0.817. The van der Waals surface area contributed by atoms with E-state index in [4.69, 9.17) is 14.2 Å². The van der Waals surface area contributed by atoms with Crippen LogP contribution in [0.3, 0.4) is 0 Å². The number of esters is 2. The molecule has 1 N–H and O–H groups in total. The molecule has 7 heteroatoms. The number of rotatable bonds is 5. The largest absolute Gasteiger partial charge is 0.479 e. The maximum atomic E-state index is 11.9. The lowest BCUT2D eigenvalue weighted by molar-refractivity contribution is -0.141. The third-order valence-electron chi connectivity index (χ3n) is 5.44. The second-order valence-electron chi connectivity index (χ2n) is 6.95. The van der Waals surface area contributed by atoms with Crippen molar-refractivity contribution in [2.24, 2.45) is 10.9 Å². The Bertz CT molecular complexity index is 959. The van der Waals surface area contributed by atoms with Gasteiger partial charge in [-0.05, 0) is 31.0 Å². The van der Waals surface area contributed by atoms with Crippen LogP contribution in [0.15, 0.2) is 17.1 Å². The Kier molecular flexibility index (Phi) is 4.37. The molecule has 0 spiro atoms. The molecule has 7 nitrogen and oxygen atoms in total. The van der Waals surface area contributed by atoms with Crippen LogP contribution in [0.4, 0.5) is 0 Å². The Balaban J connectivity index is 1.73. The van der Waals surface area contributed by atoms with Crippen LogP contribution in [0.2, 0.25) is 0 Å². The molecule has 27 heavy (non-hydrogen) atoms. The molecule has 3 heterocycles. The molecule has 2 aliphatic rings. The second kappa shape index (κ2) is 6.72. The molecular weight excluding hydrogens is 348 g/mol. The molecule has 0 amide bonds. The predicted octanol–water partition coefficient (Wildman–Crippen LogP) is 2.65. The maximum absolute atomic E-state index is 11.9. The molecular formula is C20H22N2O5. The molecule has 0 saturated heterocycles. The van der Waals surface area contributed by atoms with Gasteiger partial charge in [-0.2, -0.15) is 0 Å². The van der Waals surface area contributed by atoms with Gasteiger partial charge in [-0.25, -0.2) is 0 Å². The van der Waals surface area contributed by atoms with Crippen LogP contribution in [0.25, 0.3) is 10.9 Å². The predicted molar refractivity (Wildman–Crippen MR) is 99.2 cm³/mol. The molecule has 4 rings (SSSR count). The minimum atomic E-state index is -0.285. The number of benzene rings is 1. The van der Waals surface area contributed by atoms with Crippen molar-refractivity contribution in [3.63, 3.8) is 0 Å². The lowest BCUT2D eigenvalue weighted by Gasteiger charge is -2.34. The number of aryl methyl sites for hydroxylation is 1. The average Bonchev–Trinajstić information content (AvgIpc) is 3.20. The van der Waals surface area contributed by atoms with E-state index in [2.05, 4.69) is 9.98 Å². The van der Waals surface area contributed by atoms with E-state index in [0.29, 0.717) is 13.0 Å². The zero-order valence-corrected chi connectivity index (χ0v) is 15.6. The van der Waals surface area contributed by atoms with E-state index in [0.717, 1.165) is 45.6 Å². The van der Waals surface area contributed by atoms with Gasteiger partial charge in [0, 0.05) is 34.6 Å². The summed E-state index contributed by atoms with van der Waals surface area (Å²) in [6, 6.07) is 3.89. The molecule has 142 valence electrons. The van der Waals surface area contributed by atoms with Crippen molar-refractivity contribution in [3.05, 3.63) is 29.0 Å². The first kappa shape index (κ1) is 17.6. The smallest absolute Gasteiger partial charge is 0.310 e. The lowest BCUT2D eigenvalue weighted by atomic mass is 9.86. The number of nitrogens with one attached hydrogen (secondary N) is 1. The summed E-state index contributed by atoms with van der Waals surface area (Å²) in [6.45, 7) is 2.63. The summed E-state index contributed by atoms with van der Waals surface area (Å²) in [5, 5.41) is 0.998. The number of carbonyl (C=O) groups excluding carboxylic acids is 2. The number of aromatic amines is 1. The molecule has 0 saturated carbocycles. The number of methoxy groups -OCH3 is 2. The average molecular weight is 370 g/mol. The van der Waals surface area contributed by atoms with Crippen LogP contribution in [-0.2, 0) is 25.5 Å². The van der Waals surface area contributed by atoms with Gasteiger partial charge in [0.1, 0.15) is 5.75 Å². The van der Waals surface area contributed by atoms with Gasteiger partial charge in [0.05, 0.1) is 32.8 Å². The summed E-state index contributed by atoms with van der Waals surface area (Å²) in [6.07, 6.45) is 1.04. The summed E-state index contributed by atoms with van der Waals surface area (Å²) in [7, 11) is 2.79. The molecule has 1 aromatic carbocycles. The number of carbonyl (C=O) groups is 2. The Morgan fingerprint density at radius 2 is 2.04 bits per heavy atom. The molecule has 2 atom stereocenters.